The molecule has 0 unspecified atom stereocenters. The Kier molecular flexibility index (Phi) is 7.28. The number of anilines is 1. The van der Waals surface area contributed by atoms with Crippen molar-refractivity contribution in [1.29, 1.82) is 5.26 Å². The molecule has 0 atom stereocenters. The molecule has 132 valence electrons. The highest BCUT2D eigenvalue weighted by Gasteiger charge is 2.07. The first-order valence-corrected chi connectivity index (χ1v) is 8.77. The van der Waals surface area contributed by atoms with Crippen LogP contribution in [-0.4, -0.2) is 12.6 Å². The summed E-state index contributed by atoms with van der Waals surface area (Å²) in [5.41, 5.74) is 2.30. The molecule has 0 heterocycles. The molecule has 25 heavy (non-hydrogen) atoms. The normalized spacial score (nSPS) is 10.5. The summed E-state index contributed by atoms with van der Waals surface area (Å²) in [6.07, 6.45) is 3.67. The Morgan fingerprint density at radius 2 is 1.84 bits per heavy atom. The van der Waals surface area contributed by atoms with Gasteiger partial charge in [-0.3, -0.25) is 0 Å². The molecule has 0 aliphatic carbocycles. The molecule has 1 N–H and O–H groups in total. The highest BCUT2D eigenvalue weighted by Crippen LogP contribution is 2.28. The Hall–Kier alpha value is -2.54. The monoisotopic (exact) mass is 340 g/mol. The lowest BCUT2D eigenvalue weighted by atomic mass is 10.0. The first-order chi connectivity index (χ1) is 12.1. The van der Waals surface area contributed by atoms with Crippen molar-refractivity contribution in [3.05, 3.63) is 48.3 Å². The molecule has 0 aliphatic rings. The zero-order valence-electron chi connectivity index (χ0n) is 14.9. The number of rotatable bonds is 9. The van der Waals surface area contributed by atoms with Gasteiger partial charge in [0.2, 0.25) is 0 Å². The van der Waals surface area contributed by atoms with E-state index in [-0.39, 0.29) is 11.9 Å². The first-order valence-electron chi connectivity index (χ1n) is 8.77. The van der Waals surface area contributed by atoms with E-state index in [1.165, 1.54) is 6.07 Å². The minimum absolute atomic E-state index is 0.114. The molecule has 2 rings (SSSR count). The van der Waals surface area contributed by atoms with Crippen molar-refractivity contribution >= 4 is 5.69 Å². The molecule has 0 saturated heterocycles. The second-order valence-corrected chi connectivity index (χ2v) is 6.28. The Morgan fingerprint density at radius 3 is 2.52 bits per heavy atom. The lowest BCUT2D eigenvalue weighted by Crippen LogP contribution is -2.05. The molecule has 0 fully saturated rings. The van der Waals surface area contributed by atoms with Crippen LogP contribution in [0.4, 0.5) is 10.1 Å². The van der Waals surface area contributed by atoms with E-state index in [0.717, 1.165) is 42.8 Å². The number of nitrogens with zero attached hydrogens (tertiary/aromatic N) is 1. The number of nitriles is 1. The van der Waals surface area contributed by atoms with E-state index < -0.39 is 0 Å². The molecule has 4 heteroatoms. The molecular formula is C21H25FN2O. The predicted octanol–water partition coefficient (Wildman–Crippen LogP) is 5.78. The third kappa shape index (κ3) is 6.11. The largest absolute Gasteiger partial charge is 0.491 e. The number of benzene rings is 2. The zero-order chi connectivity index (χ0) is 18.1. The highest BCUT2D eigenvalue weighted by atomic mass is 19.1. The summed E-state index contributed by atoms with van der Waals surface area (Å²) in [4.78, 5) is 0. The van der Waals surface area contributed by atoms with E-state index in [4.69, 9.17) is 10.00 Å². The third-order valence-corrected chi connectivity index (χ3v) is 3.80. The van der Waals surface area contributed by atoms with Crippen molar-refractivity contribution in [2.45, 2.75) is 45.6 Å². The Balaban J connectivity index is 2.00. The smallest absolute Gasteiger partial charge is 0.131 e. The number of ether oxygens (including phenoxy) is 1. The third-order valence-electron chi connectivity index (χ3n) is 3.80. The fourth-order valence-corrected chi connectivity index (χ4v) is 2.58. The molecule has 0 aliphatic heterocycles. The molecule has 0 bridgehead atoms. The summed E-state index contributed by atoms with van der Waals surface area (Å²) in [7, 11) is 0. The van der Waals surface area contributed by atoms with Crippen LogP contribution in [0.1, 0.15) is 39.5 Å². The summed E-state index contributed by atoms with van der Waals surface area (Å²) in [6, 6.07) is 14.7. The first kappa shape index (κ1) is 18.8. The molecule has 0 spiro atoms. The van der Waals surface area contributed by atoms with Gasteiger partial charge in [-0.05, 0) is 62.6 Å². The molecule has 0 radical (unpaired) electrons. The van der Waals surface area contributed by atoms with E-state index in [1.54, 1.807) is 6.07 Å². The fourth-order valence-electron chi connectivity index (χ4n) is 2.58. The fraction of sp³-hybridized carbons (Fsp3) is 0.381. The maximum atomic E-state index is 14.2. The summed E-state index contributed by atoms with van der Waals surface area (Å²) in [5.74, 6) is 0.544. The van der Waals surface area contributed by atoms with Gasteiger partial charge < -0.3 is 10.1 Å². The minimum Gasteiger partial charge on any atom is -0.491 e. The van der Waals surface area contributed by atoms with Gasteiger partial charge in [-0.25, -0.2) is 4.39 Å². The molecular weight excluding hydrogens is 315 g/mol. The summed E-state index contributed by atoms with van der Waals surface area (Å²) in [5, 5.41) is 11.8. The summed E-state index contributed by atoms with van der Waals surface area (Å²) < 4.78 is 19.8. The van der Waals surface area contributed by atoms with Crippen molar-refractivity contribution < 1.29 is 9.13 Å². The van der Waals surface area contributed by atoms with Gasteiger partial charge in [-0.2, -0.15) is 5.26 Å². The maximum absolute atomic E-state index is 14.2. The van der Waals surface area contributed by atoms with Crippen molar-refractivity contribution in [3.63, 3.8) is 0 Å². The Labute approximate surface area is 149 Å². The van der Waals surface area contributed by atoms with E-state index in [1.807, 2.05) is 44.2 Å². The van der Waals surface area contributed by atoms with E-state index in [0.29, 0.717) is 12.0 Å². The zero-order valence-corrected chi connectivity index (χ0v) is 14.9. The van der Waals surface area contributed by atoms with Gasteiger partial charge in [0.25, 0.3) is 0 Å². The van der Waals surface area contributed by atoms with Gasteiger partial charge in [0.15, 0.2) is 0 Å². The van der Waals surface area contributed by atoms with Crippen LogP contribution >= 0.6 is 0 Å². The molecule has 2 aromatic carbocycles. The van der Waals surface area contributed by atoms with Crippen LogP contribution in [0.15, 0.2) is 42.5 Å². The van der Waals surface area contributed by atoms with Gasteiger partial charge >= 0.3 is 0 Å². The molecule has 0 aromatic heterocycles. The van der Waals surface area contributed by atoms with E-state index >= 15 is 0 Å². The van der Waals surface area contributed by atoms with Crippen LogP contribution < -0.4 is 10.1 Å². The second kappa shape index (κ2) is 9.68. The SMILES string of the molecule is CC(C)Oc1ccc(-c2cc(NCCCCCC#N)ccc2F)cc1. The van der Waals surface area contributed by atoms with Crippen molar-refractivity contribution in [3.8, 4) is 22.9 Å². The Morgan fingerprint density at radius 1 is 1.08 bits per heavy atom. The lowest BCUT2D eigenvalue weighted by molar-refractivity contribution is 0.242. The molecule has 3 nitrogen and oxygen atoms in total. The number of unbranched alkanes of at least 4 members (excludes halogenated alkanes) is 3. The molecule has 2 aromatic rings. The standard InChI is InChI=1S/C21H25FN2O/c1-16(2)25-19-10-7-17(8-11-19)20-15-18(9-12-21(20)22)24-14-6-4-3-5-13-23/h7-12,15-16,24H,3-6,14H2,1-2H3. The number of hydrogen-bond acceptors (Lipinski definition) is 3. The minimum atomic E-state index is -0.239. The second-order valence-electron chi connectivity index (χ2n) is 6.28. The quantitative estimate of drug-likeness (QED) is 0.589. The molecule has 0 saturated carbocycles. The number of halogens is 1. The lowest BCUT2D eigenvalue weighted by Gasteiger charge is -2.12. The predicted molar refractivity (Wildman–Crippen MR) is 100 cm³/mol. The van der Waals surface area contributed by atoms with Gasteiger partial charge in [0.1, 0.15) is 11.6 Å². The van der Waals surface area contributed by atoms with Gasteiger partial charge in [-0.15, -0.1) is 0 Å². The van der Waals surface area contributed by atoms with E-state index in [9.17, 15) is 4.39 Å². The maximum Gasteiger partial charge on any atom is 0.131 e. The topological polar surface area (TPSA) is 45.0 Å². The Bertz CT molecular complexity index is 705. The van der Waals surface area contributed by atoms with Crippen LogP contribution in [0.2, 0.25) is 0 Å². The van der Waals surface area contributed by atoms with E-state index in [2.05, 4.69) is 11.4 Å². The number of hydrogen-bond donors (Lipinski definition) is 1. The summed E-state index contributed by atoms with van der Waals surface area (Å²) in [6.45, 7) is 4.77. The van der Waals surface area contributed by atoms with Crippen LogP contribution in [0.3, 0.4) is 0 Å². The summed E-state index contributed by atoms with van der Waals surface area (Å²) >= 11 is 0. The number of nitrogens with one attached hydrogen (secondary N) is 1. The average Bonchev–Trinajstić information content (AvgIpc) is 2.59. The highest BCUT2D eigenvalue weighted by molar-refractivity contribution is 5.69. The van der Waals surface area contributed by atoms with Gasteiger partial charge in [0.05, 0.1) is 12.2 Å². The van der Waals surface area contributed by atoms with Crippen LogP contribution in [0.25, 0.3) is 11.1 Å². The van der Waals surface area contributed by atoms with Gasteiger partial charge in [-0.1, -0.05) is 18.6 Å². The molecule has 0 amide bonds. The average molecular weight is 340 g/mol. The van der Waals surface area contributed by atoms with Crippen LogP contribution in [0, 0.1) is 17.1 Å². The van der Waals surface area contributed by atoms with Crippen molar-refractivity contribution in [1.82, 2.24) is 0 Å². The van der Waals surface area contributed by atoms with Crippen molar-refractivity contribution in [2.75, 3.05) is 11.9 Å². The van der Waals surface area contributed by atoms with Crippen LogP contribution in [0.5, 0.6) is 5.75 Å². The van der Waals surface area contributed by atoms with Crippen molar-refractivity contribution in [2.24, 2.45) is 0 Å². The van der Waals surface area contributed by atoms with Crippen LogP contribution in [-0.2, 0) is 0 Å². The van der Waals surface area contributed by atoms with Gasteiger partial charge in [0, 0.05) is 24.2 Å².